The fourth-order valence-corrected chi connectivity index (χ4v) is 6.07. The monoisotopic (exact) mass is 562 g/mol. The number of sulfonamides is 1. The average molecular weight is 563 g/mol. The van der Waals surface area contributed by atoms with Gasteiger partial charge in [-0.15, -0.1) is 0 Å². The Balaban J connectivity index is 1.23. The van der Waals surface area contributed by atoms with Crippen LogP contribution >= 0.6 is 0 Å². The zero-order valence-electron chi connectivity index (χ0n) is 21.9. The van der Waals surface area contributed by atoms with Crippen molar-refractivity contribution in [2.75, 3.05) is 55.2 Å². The van der Waals surface area contributed by atoms with E-state index >= 15 is 0 Å². The van der Waals surface area contributed by atoms with Crippen LogP contribution in [0.2, 0.25) is 0 Å². The van der Waals surface area contributed by atoms with E-state index in [-0.39, 0.29) is 11.5 Å². The van der Waals surface area contributed by atoms with Crippen LogP contribution in [0.5, 0.6) is 0 Å². The number of aryl methyl sites for hydroxylation is 1. The largest absolute Gasteiger partial charge is 0.369 e. The number of hydrogen-bond donors (Lipinski definition) is 1. The molecule has 2 aromatic heterocycles. The summed E-state index contributed by atoms with van der Waals surface area (Å²) >= 11 is 0. The van der Waals surface area contributed by atoms with Gasteiger partial charge in [-0.3, -0.25) is 14.2 Å². The lowest BCUT2D eigenvalue weighted by Gasteiger charge is -2.38. The summed E-state index contributed by atoms with van der Waals surface area (Å²) < 4.78 is 27.3. The van der Waals surface area contributed by atoms with E-state index in [2.05, 4.69) is 26.8 Å². The van der Waals surface area contributed by atoms with Crippen LogP contribution < -0.4 is 15.8 Å². The van der Waals surface area contributed by atoms with Gasteiger partial charge in [0.15, 0.2) is 5.75 Å². The van der Waals surface area contributed by atoms with Crippen LogP contribution in [-0.2, 0) is 21.4 Å². The molecular weight excluding hydrogens is 532 g/mol. The van der Waals surface area contributed by atoms with Gasteiger partial charge in [0.2, 0.25) is 21.9 Å². The van der Waals surface area contributed by atoms with Gasteiger partial charge in [-0.05, 0) is 48.7 Å². The number of rotatable bonds is 9. The number of carbonyl (C=O) groups is 1. The zero-order chi connectivity index (χ0) is 28.3. The Morgan fingerprint density at radius 3 is 2.52 bits per heavy atom. The van der Waals surface area contributed by atoms with Crippen molar-refractivity contribution in [3.63, 3.8) is 0 Å². The van der Waals surface area contributed by atoms with Crippen LogP contribution in [0.4, 0.5) is 17.3 Å². The molecule has 5 rings (SSSR count). The van der Waals surface area contributed by atoms with Gasteiger partial charge in [-0.1, -0.05) is 6.58 Å². The normalized spacial score (nSPS) is 16.4. The van der Waals surface area contributed by atoms with Crippen molar-refractivity contribution in [2.45, 2.75) is 13.0 Å². The smallest absolute Gasteiger partial charge is 0.252 e. The summed E-state index contributed by atoms with van der Waals surface area (Å²) in [6.07, 6.45) is 3.76. The quantitative estimate of drug-likeness (QED) is 0.384. The minimum Gasteiger partial charge on any atom is -0.369 e. The van der Waals surface area contributed by atoms with E-state index < -0.39 is 15.8 Å². The predicted octanol–water partition coefficient (Wildman–Crippen LogP) is 1.54. The van der Waals surface area contributed by atoms with Crippen molar-refractivity contribution in [1.29, 1.82) is 5.26 Å². The van der Waals surface area contributed by atoms with E-state index in [4.69, 9.17) is 5.26 Å². The SMILES string of the molecule is C=CC(=O)N1CC(CCn2c(=O)ccc3cnc(Nc4ccc(N5CCN(S(=O)(=O)CC#N)CC5)cc4)nc32)C1. The van der Waals surface area contributed by atoms with Gasteiger partial charge >= 0.3 is 0 Å². The number of nitrogens with one attached hydrogen (secondary N) is 1. The zero-order valence-corrected chi connectivity index (χ0v) is 22.8. The Kier molecular flexibility index (Phi) is 7.81. The molecule has 0 aliphatic carbocycles. The van der Waals surface area contributed by atoms with Gasteiger partial charge in [0, 0.05) is 74.8 Å². The van der Waals surface area contributed by atoms with E-state index in [0.29, 0.717) is 63.3 Å². The topological polar surface area (TPSA) is 145 Å². The number of fused-ring (bicyclic) bond motifs is 1. The molecule has 2 aliphatic rings. The molecule has 0 atom stereocenters. The highest BCUT2D eigenvalue weighted by molar-refractivity contribution is 7.89. The summed E-state index contributed by atoms with van der Waals surface area (Å²) in [6, 6.07) is 12.6. The number of nitriles is 1. The molecule has 0 unspecified atom stereocenters. The Morgan fingerprint density at radius 1 is 1.12 bits per heavy atom. The molecule has 2 saturated heterocycles. The van der Waals surface area contributed by atoms with Gasteiger partial charge in [-0.25, -0.2) is 13.4 Å². The third-order valence-corrected chi connectivity index (χ3v) is 8.94. The molecule has 1 aromatic carbocycles. The molecule has 13 heteroatoms. The van der Waals surface area contributed by atoms with Crippen molar-refractivity contribution < 1.29 is 13.2 Å². The molecule has 0 radical (unpaired) electrons. The highest BCUT2D eigenvalue weighted by Gasteiger charge is 2.29. The summed E-state index contributed by atoms with van der Waals surface area (Å²) in [7, 11) is -3.53. The highest BCUT2D eigenvalue weighted by atomic mass is 32.2. The highest BCUT2D eigenvalue weighted by Crippen LogP contribution is 2.23. The van der Waals surface area contributed by atoms with Gasteiger partial charge in [0.25, 0.3) is 5.56 Å². The Morgan fingerprint density at radius 2 is 1.85 bits per heavy atom. The van der Waals surface area contributed by atoms with Crippen LogP contribution in [0.25, 0.3) is 11.0 Å². The Bertz CT molecular complexity index is 1620. The van der Waals surface area contributed by atoms with Gasteiger partial charge < -0.3 is 15.1 Å². The Hall–Kier alpha value is -4.28. The third-order valence-electron chi connectivity index (χ3n) is 7.30. The molecule has 3 aromatic rings. The van der Waals surface area contributed by atoms with Gasteiger partial charge in [-0.2, -0.15) is 14.6 Å². The molecule has 1 N–H and O–H groups in total. The number of likely N-dealkylation sites (tertiary alicyclic amines) is 1. The van der Waals surface area contributed by atoms with Crippen LogP contribution in [0.3, 0.4) is 0 Å². The second kappa shape index (κ2) is 11.4. The second-order valence-corrected chi connectivity index (χ2v) is 11.8. The van der Waals surface area contributed by atoms with Crippen molar-refractivity contribution in [2.24, 2.45) is 5.92 Å². The number of pyridine rings is 1. The van der Waals surface area contributed by atoms with Crippen molar-refractivity contribution in [1.82, 2.24) is 23.7 Å². The van der Waals surface area contributed by atoms with E-state index in [0.717, 1.165) is 23.2 Å². The van der Waals surface area contributed by atoms with Gasteiger partial charge in [0.1, 0.15) is 5.65 Å². The van der Waals surface area contributed by atoms with Crippen molar-refractivity contribution >= 4 is 44.3 Å². The molecule has 4 heterocycles. The minimum atomic E-state index is -3.53. The number of piperazine rings is 1. The summed E-state index contributed by atoms with van der Waals surface area (Å²) in [5.74, 6) is 0.119. The van der Waals surface area contributed by atoms with Crippen LogP contribution in [-0.4, -0.2) is 83.1 Å². The molecule has 40 heavy (non-hydrogen) atoms. The standard InChI is InChI=1S/C27H30N8O4S/c1-2-24(36)33-18-20(19-33)9-11-35-25(37)8-3-21-17-29-27(31-26(21)35)30-22-4-6-23(7-5-22)32-12-14-34(15-13-32)40(38,39)16-10-28/h2-8,17,20H,1,9,11-16,18-19H2,(H,29,30,31). The summed E-state index contributed by atoms with van der Waals surface area (Å²) in [4.78, 5) is 37.3. The maximum Gasteiger partial charge on any atom is 0.252 e. The molecule has 208 valence electrons. The number of carbonyl (C=O) groups excluding carboxylic acids is 1. The molecule has 1 amide bonds. The molecule has 2 aliphatic heterocycles. The van der Waals surface area contributed by atoms with Crippen LogP contribution in [0.15, 0.2) is 60.0 Å². The molecule has 2 fully saturated rings. The fourth-order valence-electron chi connectivity index (χ4n) is 5.00. The number of benzene rings is 1. The predicted molar refractivity (Wildman–Crippen MR) is 152 cm³/mol. The third kappa shape index (κ3) is 5.83. The lowest BCUT2D eigenvalue weighted by molar-refractivity contribution is -0.132. The van der Waals surface area contributed by atoms with Gasteiger partial charge in [0.05, 0.1) is 6.07 Å². The number of hydrogen-bond acceptors (Lipinski definition) is 9. The van der Waals surface area contributed by atoms with Crippen molar-refractivity contribution in [3.05, 3.63) is 65.6 Å². The summed E-state index contributed by atoms with van der Waals surface area (Å²) in [6.45, 7) is 7.08. The fraction of sp³-hybridized carbons (Fsp3) is 0.370. The number of aromatic nitrogens is 3. The number of amides is 1. The Labute approximate surface area is 232 Å². The maximum absolute atomic E-state index is 12.7. The average Bonchev–Trinajstić information content (AvgIpc) is 2.93. The van der Waals surface area contributed by atoms with E-state index in [1.807, 2.05) is 24.3 Å². The second-order valence-electron chi connectivity index (χ2n) is 9.87. The first-order valence-electron chi connectivity index (χ1n) is 13.0. The first-order chi connectivity index (χ1) is 19.3. The molecule has 0 bridgehead atoms. The summed E-state index contributed by atoms with van der Waals surface area (Å²) in [5.41, 5.74) is 2.13. The number of anilines is 3. The van der Waals surface area contributed by atoms with E-state index in [1.165, 1.54) is 16.4 Å². The molecule has 12 nitrogen and oxygen atoms in total. The molecule has 0 spiro atoms. The van der Waals surface area contributed by atoms with Crippen molar-refractivity contribution in [3.8, 4) is 6.07 Å². The van der Waals surface area contributed by atoms with Crippen LogP contribution in [0, 0.1) is 17.2 Å². The molecular formula is C27H30N8O4S. The van der Waals surface area contributed by atoms with E-state index in [1.54, 1.807) is 27.8 Å². The van der Waals surface area contributed by atoms with E-state index in [9.17, 15) is 18.0 Å². The lowest BCUT2D eigenvalue weighted by Crippen LogP contribution is -2.49. The van der Waals surface area contributed by atoms with Crippen LogP contribution in [0.1, 0.15) is 6.42 Å². The maximum atomic E-state index is 12.7. The first-order valence-corrected chi connectivity index (χ1v) is 14.6. The lowest BCUT2D eigenvalue weighted by atomic mass is 9.96. The minimum absolute atomic E-state index is 0.0693. The molecule has 0 saturated carbocycles. The first kappa shape index (κ1) is 27.3. The number of nitrogens with zero attached hydrogens (tertiary/aromatic N) is 7. The summed E-state index contributed by atoms with van der Waals surface area (Å²) in [5, 5.41) is 12.7.